The monoisotopic (exact) mass is 580 g/mol. The van der Waals surface area contributed by atoms with Gasteiger partial charge in [-0.3, -0.25) is 4.98 Å². The largest absolute Gasteiger partial charge is 0.497 e. The summed E-state index contributed by atoms with van der Waals surface area (Å²) in [6.07, 6.45) is 1.82. The third-order valence-electron chi connectivity index (χ3n) is 7.39. The number of halogens is 1. The molecule has 206 valence electrons. The van der Waals surface area contributed by atoms with E-state index in [1.165, 1.54) is 0 Å². The van der Waals surface area contributed by atoms with Crippen molar-refractivity contribution >= 4 is 34.6 Å². The number of aromatic nitrogens is 2. The quantitative estimate of drug-likeness (QED) is 0.196. The average molecular weight is 581 g/mol. The van der Waals surface area contributed by atoms with Gasteiger partial charge in [-0.05, 0) is 110 Å². The van der Waals surface area contributed by atoms with E-state index in [4.69, 9.17) is 38.3 Å². The van der Waals surface area contributed by atoms with Gasteiger partial charge in [-0.25, -0.2) is 0 Å². The van der Waals surface area contributed by atoms with Gasteiger partial charge >= 0.3 is 0 Å². The molecule has 5 aromatic rings. The number of pyridine rings is 1. The second-order valence-electron chi connectivity index (χ2n) is 9.88. The molecule has 1 saturated heterocycles. The van der Waals surface area contributed by atoms with Crippen molar-refractivity contribution in [2.24, 2.45) is 0 Å². The summed E-state index contributed by atoms with van der Waals surface area (Å²) >= 11 is 12.6. The van der Waals surface area contributed by atoms with Gasteiger partial charge in [0.1, 0.15) is 17.2 Å². The summed E-state index contributed by atoms with van der Waals surface area (Å²) in [5, 5.41) is 4.89. The molecule has 1 aliphatic rings. The zero-order valence-corrected chi connectivity index (χ0v) is 24.5. The fraction of sp³-hybridized carbons (Fsp3) is 0.152. The average Bonchev–Trinajstić information content (AvgIpc) is 3.49. The standard InChI is InChI=1S/C33H29ClN4O2S/c1-21-20-27(22(2)37(21)30-10-5-4-8-28(30)34)32-31(29-9-6-7-19-35-29)36-33(41)38(32)23-11-13-25(14-12-23)40-26-17-15-24(39-3)16-18-26/h4-20,31-32H,1-3H3,(H,36,41)/t31-,32+/m0/s1. The van der Waals surface area contributed by atoms with Crippen LogP contribution in [0.5, 0.6) is 17.2 Å². The number of hydrogen-bond acceptors (Lipinski definition) is 4. The second kappa shape index (κ2) is 11.3. The lowest BCUT2D eigenvalue weighted by atomic mass is 9.96. The van der Waals surface area contributed by atoms with Crippen molar-refractivity contribution in [2.75, 3.05) is 12.0 Å². The van der Waals surface area contributed by atoms with Gasteiger partial charge in [0, 0.05) is 23.3 Å². The van der Waals surface area contributed by atoms with Crippen LogP contribution in [0.15, 0.2) is 103 Å². The van der Waals surface area contributed by atoms with E-state index < -0.39 is 0 Å². The molecule has 3 aromatic carbocycles. The summed E-state index contributed by atoms with van der Waals surface area (Å²) in [5.74, 6) is 2.24. The minimum absolute atomic E-state index is 0.145. The van der Waals surface area contributed by atoms with Crippen LogP contribution in [0.1, 0.15) is 34.7 Å². The van der Waals surface area contributed by atoms with E-state index in [2.05, 4.69) is 34.7 Å². The van der Waals surface area contributed by atoms with Crippen LogP contribution in [0.25, 0.3) is 5.69 Å². The molecule has 0 unspecified atom stereocenters. The molecule has 1 N–H and O–H groups in total. The number of ether oxygens (including phenoxy) is 2. The Kier molecular flexibility index (Phi) is 7.39. The van der Waals surface area contributed by atoms with E-state index in [0.717, 1.165) is 51.3 Å². The number of aryl methyl sites for hydroxylation is 1. The van der Waals surface area contributed by atoms with Crippen molar-refractivity contribution < 1.29 is 9.47 Å². The first kappa shape index (κ1) is 26.9. The van der Waals surface area contributed by atoms with Crippen molar-refractivity contribution in [3.05, 3.63) is 131 Å². The molecule has 0 saturated carbocycles. The number of rotatable bonds is 7. The van der Waals surface area contributed by atoms with Crippen LogP contribution < -0.4 is 19.7 Å². The van der Waals surface area contributed by atoms with Crippen molar-refractivity contribution in [3.63, 3.8) is 0 Å². The zero-order valence-electron chi connectivity index (χ0n) is 22.9. The highest BCUT2D eigenvalue weighted by atomic mass is 35.5. The molecule has 6 rings (SSSR count). The molecule has 0 bridgehead atoms. The predicted molar refractivity (Wildman–Crippen MR) is 168 cm³/mol. The molecule has 1 fully saturated rings. The minimum Gasteiger partial charge on any atom is -0.497 e. The number of hydrogen-bond donors (Lipinski definition) is 1. The SMILES string of the molecule is COc1ccc(Oc2ccc(N3C(=S)N[C@@H](c4ccccn4)[C@H]3c3cc(C)n(-c4ccccc4Cl)c3C)cc2)cc1. The number of nitrogens with one attached hydrogen (secondary N) is 1. The number of thiocarbonyl (C=S) groups is 1. The zero-order chi connectivity index (χ0) is 28.5. The summed E-state index contributed by atoms with van der Waals surface area (Å²) in [6, 6.07) is 31.3. The van der Waals surface area contributed by atoms with E-state index in [1.807, 2.05) is 97.2 Å². The van der Waals surface area contributed by atoms with Crippen LogP contribution in [-0.4, -0.2) is 21.8 Å². The second-order valence-corrected chi connectivity index (χ2v) is 10.7. The van der Waals surface area contributed by atoms with E-state index in [9.17, 15) is 0 Å². The Balaban J connectivity index is 1.39. The van der Waals surface area contributed by atoms with Gasteiger partial charge < -0.3 is 24.3 Å². The molecule has 0 spiro atoms. The fourth-order valence-electron chi connectivity index (χ4n) is 5.49. The van der Waals surface area contributed by atoms with Gasteiger partial charge in [0.05, 0.1) is 35.6 Å². The van der Waals surface area contributed by atoms with Gasteiger partial charge in [0.25, 0.3) is 0 Å². The van der Waals surface area contributed by atoms with Crippen LogP contribution in [-0.2, 0) is 0 Å². The molecule has 41 heavy (non-hydrogen) atoms. The van der Waals surface area contributed by atoms with E-state index in [0.29, 0.717) is 10.1 Å². The maximum atomic E-state index is 6.64. The third-order valence-corrected chi connectivity index (χ3v) is 8.02. The summed E-state index contributed by atoms with van der Waals surface area (Å²) in [6.45, 7) is 4.23. The highest BCUT2D eigenvalue weighted by Crippen LogP contribution is 2.44. The van der Waals surface area contributed by atoms with Crippen LogP contribution in [0.4, 0.5) is 5.69 Å². The lowest BCUT2D eigenvalue weighted by Gasteiger charge is -2.28. The normalized spacial score (nSPS) is 16.5. The molecule has 3 heterocycles. The van der Waals surface area contributed by atoms with Gasteiger partial charge in [-0.2, -0.15) is 0 Å². The Morgan fingerprint density at radius 3 is 2.17 bits per heavy atom. The van der Waals surface area contributed by atoms with Gasteiger partial charge in [-0.15, -0.1) is 0 Å². The molecule has 2 aromatic heterocycles. The molecule has 1 aliphatic heterocycles. The first-order valence-electron chi connectivity index (χ1n) is 13.3. The van der Waals surface area contributed by atoms with Crippen molar-refractivity contribution in [2.45, 2.75) is 25.9 Å². The number of anilines is 1. The van der Waals surface area contributed by atoms with Crippen molar-refractivity contribution in [1.29, 1.82) is 0 Å². The molecular formula is C33H29ClN4O2S. The van der Waals surface area contributed by atoms with Crippen molar-refractivity contribution in [3.8, 4) is 22.9 Å². The Bertz CT molecular complexity index is 1690. The lowest BCUT2D eigenvalue weighted by molar-refractivity contribution is 0.413. The summed E-state index contributed by atoms with van der Waals surface area (Å²) in [7, 11) is 1.65. The number of methoxy groups -OCH3 is 1. The Hall–Kier alpha value is -4.33. The van der Waals surface area contributed by atoms with Gasteiger partial charge in [0.2, 0.25) is 0 Å². The van der Waals surface area contributed by atoms with Crippen molar-refractivity contribution in [1.82, 2.24) is 14.9 Å². The fourth-order valence-corrected chi connectivity index (χ4v) is 6.06. The number of para-hydroxylation sites is 1. The topological polar surface area (TPSA) is 51.6 Å². The lowest BCUT2D eigenvalue weighted by Crippen LogP contribution is -2.29. The summed E-state index contributed by atoms with van der Waals surface area (Å²) in [4.78, 5) is 6.87. The third kappa shape index (κ3) is 5.14. The highest BCUT2D eigenvalue weighted by Gasteiger charge is 2.42. The maximum Gasteiger partial charge on any atom is 0.174 e. The molecule has 0 amide bonds. The number of nitrogens with zero attached hydrogens (tertiary/aromatic N) is 3. The summed E-state index contributed by atoms with van der Waals surface area (Å²) in [5.41, 5.74) is 6.15. The maximum absolute atomic E-state index is 6.64. The summed E-state index contributed by atoms with van der Waals surface area (Å²) < 4.78 is 13.5. The van der Waals surface area contributed by atoms with Crippen LogP contribution in [0.2, 0.25) is 5.02 Å². The van der Waals surface area contributed by atoms with E-state index in [-0.39, 0.29) is 12.1 Å². The Morgan fingerprint density at radius 2 is 1.51 bits per heavy atom. The van der Waals surface area contributed by atoms with Gasteiger partial charge in [-0.1, -0.05) is 29.8 Å². The van der Waals surface area contributed by atoms with E-state index >= 15 is 0 Å². The molecule has 2 atom stereocenters. The highest BCUT2D eigenvalue weighted by molar-refractivity contribution is 7.80. The molecule has 8 heteroatoms. The Morgan fingerprint density at radius 1 is 0.854 bits per heavy atom. The van der Waals surface area contributed by atoms with E-state index in [1.54, 1.807) is 7.11 Å². The van der Waals surface area contributed by atoms with Crippen LogP contribution in [0.3, 0.4) is 0 Å². The first-order chi connectivity index (χ1) is 19.9. The number of benzene rings is 3. The van der Waals surface area contributed by atoms with Gasteiger partial charge in [0.15, 0.2) is 5.11 Å². The molecule has 0 aliphatic carbocycles. The smallest absolute Gasteiger partial charge is 0.174 e. The minimum atomic E-state index is -0.154. The predicted octanol–water partition coefficient (Wildman–Crippen LogP) is 8.12. The van der Waals surface area contributed by atoms with Crippen LogP contribution in [0, 0.1) is 13.8 Å². The molecule has 0 radical (unpaired) electrons. The first-order valence-corrected chi connectivity index (χ1v) is 14.1. The molecule has 6 nitrogen and oxygen atoms in total. The van der Waals surface area contributed by atoms with Crippen LogP contribution >= 0.6 is 23.8 Å². The molecular weight excluding hydrogens is 552 g/mol. The Labute approximate surface area is 250 Å².